The molecule has 6 nitrogen and oxygen atoms in total. The summed E-state index contributed by atoms with van der Waals surface area (Å²) >= 11 is 0. The second-order valence-electron chi connectivity index (χ2n) is 13.1. The molecule has 6 aromatic carbocycles. The van der Waals surface area contributed by atoms with Gasteiger partial charge in [0.15, 0.2) is 0 Å². The summed E-state index contributed by atoms with van der Waals surface area (Å²) in [4.78, 5) is 12.2. The van der Waals surface area contributed by atoms with Gasteiger partial charge in [-0.15, -0.1) is 0 Å². The third kappa shape index (κ3) is 4.12. The molecule has 0 spiro atoms. The maximum absolute atomic E-state index is 7.05. The third-order valence-corrected chi connectivity index (χ3v) is 10.2. The van der Waals surface area contributed by atoms with Crippen molar-refractivity contribution in [3.63, 3.8) is 0 Å². The molecule has 5 heterocycles. The van der Waals surface area contributed by atoms with Gasteiger partial charge in [0.25, 0.3) is 0 Å². The second-order valence-corrected chi connectivity index (χ2v) is 13.1. The lowest BCUT2D eigenvalue weighted by Gasteiger charge is -2.25. The first-order valence-corrected chi connectivity index (χ1v) is 17.4. The average Bonchev–Trinajstić information content (AvgIpc) is 3.87. The van der Waals surface area contributed by atoms with Crippen molar-refractivity contribution in [1.82, 2.24) is 19.1 Å². The SMILES string of the molecule is c1ccc(N(c2ccccc2)c2ccc(-n3c4cccnc4c4c5oc6c(ccc7c6c6ccccc6n7-c6ccccc6)c5ccc43)nc2)cc1. The van der Waals surface area contributed by atoms with E-state index in [2.05, 4.69) is 160 Å². The maximum Gasteiger partial charge on any atom is 0.147 e. The van der Waals surface area contributed by atoms with E-state index >= 15 is 0 Å². The zero-order chi connectivity index (χ0) is 34.2. The molecule has 0 amide bonds. The summed E-state index contributed by atoms with van der Waals surface area (Å²) in [5, 5.41) is 5.39. The number of benzene rings is 6. The van der Waals surface area contributed by atoms with Crippen molar-refractivity contribution in [3.8, 4) is 11.5 Å². The summed E-state index contributed by atoms with van der Waals surface area (Å²) in [6.45, 7) is 0. The van der Waals surface area contributed by atoms with Crippen LogP contribution >= 0.6 is 0 Å². The topological polar surface area (TPSA) is 52.0 Å². The summed E-state index contributed by atoms with van der Waals surface area (Å²) in [6.07, 6.45) is 3.80. The Morgan fingerprint density at radius 1 is 0.423 bits per heavy atom. The molecule has 244 valence electrons. The number of aromatic nitrogens is 4. The number of hydrogen-bond acceptors (Lipinski definition) is 4. The Bertz CT molecular complexity index is 3070. The van der Waals surface area contributed by atoms with Gasteiger partial charge in [-0.2, -0.15) is 0 Å². The van der Waals surface area contributed by atoms with Gasteiger partial charge in [0.05, 0.1) is 44.7 Å². The van der Waals surface area contributed by atoms with E-state index in [1.807, 2.05) is 30.6 Å². The Hall–Kier alpha value is -7.18. The smallest absolute Gasteiger partial charge is 0.147 e. The van der Waals surface area contributed by atoms with Crippen molar-refractivity contribution in [2.45, 2.75) is 0 Å². The zero-order valence-corrected chi connectivity index (χ0v) is 27.9. The summed E-state index contributed by atoms with van der Waals surface area (Å²) in [7, 11) is 0. The molecular formula is C46H29N5O. The van der Waals surface area contributed by atoms with Gasteiger partial charge in [-0.3, -0.25) is 9.55 Å². The van der Waals surface area contributed by atoms with E-state index in [4.69, 9.17) is 14.4 Å². The highest BCUT2D eigenvalue weighted by Crippen LogP contribution is 2.44. The minimum absolute atomic E-state index is 0.807. The molecule has 0 unspecified atom stereocenters. The highest BCUT2D eigenvalue weighted by atomic mass is 16.3. The van der Waals surface area contributed by atoms with E-state index < -0.39 is 0 Å². The number of para-hydroxylation sites is 4. The summed E-state index contributed by atoms with van der Waals surface area (Å²) in [5.74, 6) is 0.807. The van der Waals surface area contributed by atoms with E-state index in [0.717, 1.165) is 94.2 Å². The van der Waals surface area contributed by atoms with Crippen molar-refractivity contribution >= 4 is 82.7 Å². The van der Waals surface area contributed by atoms with Gasteiger partial charge in [0.2, 0.25) is 0 Å². The first-order chi connectivity index (χ1) is 25.8. The van der Waals surface area contributed by atoms with Crippen LogP contribution in [-0.2, 0) is 0 Å². The molecule has 52 heavy (non-hydrogen) atoms. The Balaban J connectivity index is 1.13. The van der Waals surface area contributed by atoms with Gasteiger partial charge in [-0.25, -0.2) is 4.98 Å². The van der Waals surface area contributed by atoms with Crippen molar-refractivity contribution in [3.05, 3.63) is 176 Å². The summed E-state index contributed by atoms with van der Waals surface area (Å²) in [5.41, 5.74) is 11.0. The van der Waals surface area contributed by atoms with E-state index in [1.165, 1.54) is 0 Å². The number of pyridine rings is 2. The fraction of sp³-hybridized carbons (Fsp3) is 0. The highest BCUT2D eigenvalue weighted by molar-refractivity contribution is 6.28. The van der Waals surface area contributed by atoms with E-state index in [-0.39, 0.29) is 0 Å². The van der Waals surface area contributed by atoms with E-state index in [9.17, 15) is 0 Å². The molecule has 0 N–H and O–H groups in total. The number of fused-ring (bicyclic) bond motifs is 11. The van der Waals surface area contributed by atoms with Crippen LogP contribution in [0.2, 0.25) is 0 Å². The van der Waals surface area contributed by atoms with E-state index in [1.54, 1.807) is 0 Å². The number of anilines is 3. The number of nitrogens with zero attached hydrogens (tertiary/aromatic N) is 5. The summed E-state index contributed by atoms with van der Waals surface area (Å²) in [6, 6.07) is 57.0. The second kappa shape index (κ2) is 11.2. The molecule has 5 aromatic heterocycles. The van der Waals surface area contributed by atoms with Crippen molar-refractivity contribution in [2.24, 2.45) is 0 Å². The molecule has 0 aliphatic heterocycles. The average molecular weight is 668 g/mol. The largest absolute Gasteiger partial charge is 0.455 e. The fourth-order valence-electron chi connectivity index (χ4n) is 8.00. The molecule has 0 bridgehead atoms. The van der Waals surface area contributed by atoms with Crippen LogP contribution in [-0.4, -0.2) is 19.1 Å². The lowest BCUT2D eigenvalue weighted by atomic mass is 10.1. The monoisotopic (exact) mass is 667 g/mol. The number of rotatable bonds is 5. The molecule has 11 aromatic rings. The van der Waals surface area contributed by atoms with Crippen LogP contribution in [0.3, 0.4) is 0 Å². The van der Waals surface area contributed by atoms with Crippen LogP contribution < -0.4 is 4.90 Å². The fourth-order valence-corrected chi connectivity index (χ4v) is 8.00. The zero-order valence-electron chi connectivity index (χ0n) is 27.9. The molecule has 11 rings (SSSR count). The Labute approximate surface area is 298 Å². The van der Waals surface area contributed by atoms with Crippen LogP contribution in [0.5, 0.6) is 0 Å². The van der Waals surface area contributed by atoms with Crippen LogP contribution in [0, 0.1) is 0 Å². The van der Waals surface area contributed by atoms with Crippen molar-refractivity contribution < 1.29 is 4.42 Å². The van der Waals surface area contributed by atoms with Crippen LogP contribution in [0.25, 0.3) is 77.2 Å². The summed E-state index contributed by atoms with van der Waals surface area (Å²) < 4.78 is 11.6. The van der Waals surface area contributed by atoms with Crippen LogP contribution in [0.15, 0.2) is 181 Å². The maximum atomic E-state index is 7.05. The van der Waals surface area contributed by atoms with Gasteiger partial charge in [0.1, 0.15) is 22.5 Å². The van der Waals surface area contributed by atoms with E-state index in [0.29, 0.717) is 0 Å². The normalized spacial score (nSPS) is 11.8. The minimum atomic E-state index is 0.807. The molecule has 0 saturated heterocycles. The molecule has 0 aliphatic rings. The standard InChI is InChI=1S/C46H29N5O/c1-4-13-30(14-5-1)49(31-15-6-2-7-16-31)33-22-27-41(48-29-33)51-39-26-24-35-34-23-25-38-42(45(34)52-46(35)43(39)44-40(51)21-12-28-47-44)36-19-10-11-20-37(36)50(38)32-17-8-3-9-18-32/h1-29H. The Morgan fingerprint density at radius 2 is 1.04 bits per heavy atom. The molecule has 0 aliphatic carbocycles. The lowest BCUT2D eigenvalue weighted by Crippen LogP contribution is -2.10. The van der Waals surface area contributed by atoms with Gasteiger partial charge < -0.3 is 13.9 Å². The molecule has 0 fully saturated rings. The third-order valence-electron chi connectivity index (χ3n) is 10.2. The molecule has 0 saturated carbocycles. The predicted molar refractivity (Wildman–Crippen MR) is 213 cm³/mol. The Kier molecular flexibility index (Phi) is 6.15. The van der Waals surface area contributed by atoms with Crippen molar-refractivity contribution in [1.29, 1.82) is 0 Å². The molecule has 6 heteroatoms. The van der Waals surface area contributed by atoms with Gasteiger partial charge >= 0.3 is 0 Å². The Morgan fingerprint density at radius 3 is 1.73 bits per heavy atom. The molecular weight excluding hydrogens is 639 g/mol. The number of hydrogen-bond donors (Lipinski definition) is 0. The van der Waals surface area contributed by atoms with Crippen molar-refractivity contribution in [2.75, 3.05) is 4.90 Å². The first kappa shape index (κ1) is 28.6. The van der Waals surface area contributed by atoms with Gasteiger partial charge in [0, 0.05) is 39.4 Å². The first-order valence-electron chi connectivity index (χ1n) is 17.4. The van der Waals surface area contributed by atoms with Crippen LogP contribution in [0.4, 0.5) is 17.1 Å². The van der Waals surface area contributed by atoms with Gasteiger partial charge in [-0.1, -0.05) is 72.8 Å². The van der Waals surface area contributed by atoms with Crippen LogP contribution in [0.1, 0.15) is 0 Å². The van der Waals surface area contributed by atoms with Gasteiger partial charge in [-0.05, 0) is 91.0 Å². The minimum Gasteiger partial charge on any atom is -0.455 e. The highest BCUT2D eigenvalue weighted by Gasteiger charge is 2.23. The number of furan rings is 1. The molecule has 0 radical (unpaired) electrons. The quantitative estimate of drug-likeness (QED) is 0.183. The lowest BCUT2D eigenvalue weighted by molar-refractivity contribution is 0.677. The molecule has 0 atom stereocenters. The predicted octanol–water partition coefficient (Wildman–Crippen LogP) is 12.0.